The normalized spacial score (nSPS) is 26.1. The second-order valence-electron chi connectivity index (χ2n) is 9.04. The molecule has 0 aromatic heterocycles. The summed E-state index contributed by atoms with van der Waals surface area (Å²) in [5.74, 6) is 0. The Morgan fingerprint density at radius 3 is 2.29 bits per heavy atom. The van der Waals surface area contributed by atoms with Gasteiger partial charge < -0.3 is 19.2 Å². The molecule has 0 spiro atoms. The zero-order chi connectivity index (χ0) is 18.8. The van der Waals surface area contributed by atoms with Crippen molar-refractivity contribution in [2.45, 2.75) is 90.0 Å². The predicted octanol–water partition coefficient (Wildman–Crippen LogP) is 4.03. The summed E-state index contributed by atoms with van der Waals surface area (Å²) < 4.78 is 31.2. The number of rotatable bonds is 4. The van der Waals surface area contributed by atoms with Crippen LogP contribution in [0.3, 0.4) is 0 Å². The fourth-order valence-electron chi connectivity index (χ4n) is 2.07. The number of carbonyl (C=O) groups is 1. The Morgan fingerprint density at radius 2 is 1.83 bits per heavy atom. The van der Waals surface area contributed by atoms with E-state index in [1.54, 1.807) is 20.8 Å². The lowest BCUT2D eigenvalue weighted by atomic mass is 10.0. The number of amides is 1. The van der Waals surface area contributed by atoms with E-state index in [0.717, 1.165) is 0 Å². The summed E-state index contributed by atoms with van der Waals surface area (Å²) in [5.41, 5.74) is -0.575. The van der Waals surface area contributed by atoms with E-state index >= 15 is 0 Å². The minimum Gasteiger partial charge on any atom is -0.444 e. The monoisotopic (exact) mass is 363 g/mol. The Hall–Kier alpha value is -0.663. The lowest BCUT2D eigenvalue weighted by molar-refractivity contribution is -0.0758. The predicted molar refractivity (Wildman–Crippen MR) is 95.6 cm³/mol. The van der Waals surface area contributed by atoms with Crippen molar-refractivity contribution in [1.29, 1.82) is 0 Å². The van der Waals surface area contributed by atoms with Crippen molar-refractivity contribution in [3.63, 3.8) is 0 Å². The highest BCUT2D eigenvalue weighted by Gasteiger charge is 2.40. The van der Waals surface area contributed by atoms with Gasteiger partial charge >= 0.3 is 6.09 Å². The molecule has 5 nitrogen and oxygen atoms in total. The van der Waals surface area contributed by atoms with Crippen molar-refractivity contribution in [3.05, 3.63) is 0 Å². The third-order valence-electron chi connectivity index (χ3n) is 4.56. The molecule has 3 atom stereocenters. The molecule has 0 aromatic rings. The summed E-state index contributed by atoms with van der Waals surface area (Å²) in [6.07, 6.45) is -2.07. The summed E-state index contributed by atoms with van der Waals surface area (Å²) in [7, 11) is -1.92. The molecule has 0 aliphatic carbocycles. The molecule has 142 valence electrons. The van der Waals surface area contributed by atoms with Gasteiger partial charge in [0.2, 0.25) is 0 Å². The van der Waals surface area contributed by atoms with Crippen LogP contribution in [-0.2, 0) is 13.9 Å². The van der Waals surface area contributed by atoms with Gasteiger partial charge in [0.05, 0.1) is 19.3 Å². The first-order valence-corrected chi connectivity index (χ1v) is 11.5. The quantitative estimate of drug-likeness (QED) is 0.766. The molecule has 0 saturated carbocycles. The van der Waals surface area contributed by atoms with Crippen LogP contribution in [0.25, 0.3) is 0 Å². The van der Waals surface area contributed by atoms with Crippen molar-refractivity contribution in [2.75, 3.05) is 13.2 Å². The third kappa shape index (κ3) is 6.68. The maximum Gasteiger partial charge on any atom is 0.407 e. The molecule has 1 saturated heterocycles. The van der Waals surface area contributed by atoms with Gasteiger partial charge in [0, 0.05) is 6.42 Å². The standard InChI is InChI=1S/C17H34FNO4Si/c1-16(2,3)23-15(20)19-12-9-13(18)14(21-10-12)11-22-24(7,8)17(4,5)6/h12-14H,9-11H2,1-8H3,(H,19,20)/t12-,13+,14-/m1/s1. The van der Waals surface area contributed by atoms with Crippen LogP contribution in [0, 0.1) is 0 Å². The van der Waals surface area contributed by atoms with Crippen LogP contribution in [0.5, 0.6) is 0 Å². The summed E-state index contributed by atoms with van der Waals surface area (Å²) in [6, 6.07) is -0.376. The van der Waals surface area contributed by atoms with E-state index in [4.69, 9.17) is 13.9 Å². The highest BCUT2D eigenvalue weighted by Crippen LogP contribution is 2.37. The van der Waals surface area contributed by atoms with Crippen molar-refractivity contribution in [3.8, 4) is 0 Å². The van der Waals surface area contributed by atoms with E-state index in [0.29, 0.717) is 0 Å². The van der Waals surface area contributed by atoms with Gasteiger partial charge in [0.25, 0.3) is 0 Å². The van der Waals surface area contributed by atoms with Gasteiger partial charge in [-0.2, -0.15) is 0 Å². The van der Waals surface area contributed by atoms with E-state index in [1.807, 2.05) is 0 Å². The molecule has 1 amide bonds. The van der Waals surface area contributed by atoms with Crippen molar-refractivity contribution < 1.29 is 23.1 Å². The highest BCUT2D eigenvalue weighted by atomic mass is 28.4. The van der Waals surface area contributed by atoms with Crippen LogP contribution in [0.1, 0.15) is 48.0 Å². The zero-order valence-electron chi connectivity index (χ0n) is 16.4. The van der Waals surface area contributed by atoms with Gasteiger partial charge in [-0.15, -0.1) is 0 Å². The minimum absolute atomic E-state index is 0.0777. The number of alkyl halides is 1. The molecule has 7 heteroatoms. The molecular formula is C17H34FNO4Si. The van der Waals surface area contributed by atoms with Gasteiger partial charge in [-0.3, -0.25) is 0 Å². The molecule has 1 aliphatic rings. The van der Waals surface area contributed by atoms with Crippen LogP contribution in [0.2, 0.25) is 18.1 Å². The molecule has 0 radical (unpaired) electrons. The Bertz CT molecular complexity index is 431. The molecule has 0 bridgehead atoms. The smallest absolute Gasteiger partial charge is 0.407 e. The van der Waals surface area contributed by atoms with Crippen LogP contribution in [0.15, 0.2) is 0 Å². The maximum absolute atomic E-state index is 14.4. The number of ether oxygens (including phenoxy) is 2. The Labute approximate surface area is 146 Å². The van der Waals surface area contributed by atoms with Crippen molar-refractivity contribution >= 4 is 14.4 Å². The Kier molecular flexibility index (Phi) is 6.86. The van der Waals surface area contributed by atoms with Gasteiger partial charge in [0.1, 0.15) is 17.9 Å². The molecule has 1 rings (SSSR count). The van der Waals surface area contributed by atoms with Crippen LogP contribution in [0.4, 0.5) is 9.18 Å². The van der Waals surface area contributed by atoms with E-state index in [2.05, 4.69) is 39.2 Å². The SMILES string of the molecule is CC(C)(C)OC(=O)N[C@H]1CO[C@H](CO[Si](C)(C)C(C)(C)C)[C@@H](F)C1. The van der Waals surface area contributed by atoms with Gasteiger partial charge in [-0.1, -0.05) is 20.8 Å². The lowest BCUT2D eigenvalue weighted by Crippen LogP contribution is -2.51. The van der Waals surface area contributed by atoms with Crippen LogP contribution in [-0.4, -0.2) is 51.5 Å². The molecule has 0 aromatic carbocycles. The molecule has 0 unspecified atom stereocenters. The summed E-state index contributed by atoms with van der Waals surface area (Å²) >= 11 is 0. The van der Waals surface area contributed by atoms with Gasteiger partial charge in [-0.25, -0.2) is 9.18 Å². The number of halogens is 1. The first-order chi connectivity index (χ1) is 10.7. The minimum atomic E-state index is -1.92. The van der Waals surface area contributed by atoms with Crippen LogP contribution >= 0.6 is 0 Å². The first kappa shape index (κ1) is 21.4. The number of hydrogen-bond acceptors (Lipinski definition) is 4. The van der Waals surface area contributed by atoms with E-state index in [1.165, 1.54) is 0 Å². The second-order valence-corrected chi connectivity index (χ2v) is 13.8. The largest absolute Gasteiger partial charge is 0.444 e. The topological polar surface area (TPSA) is 56.8 Å². The lowest BCUT2D eigenvalue weighted by Gasteiger charge is -2.39. The maximum atomic E-state index is 14.4. The fraction of sp³-hybridized carbons (Fsp3) is 0.941. The summed E-state index contributed by atoms with van der Waals surface area (Å²) in [6.45, 7) is 16.6. The van der Waals surface area contributed by atoms with Gasteiger partial charge in [-0.05, 0) is 38.9 Å². The molecule has 24 heavy (non-hydrogen) atoms. The molecular weight excluding hydrogens is 329 g/mol. The highest BCUT2D eigenvalue weighted by molar-refractivity contribution is 6.74. The zero-order valence-corrected chi connectivity index (χ0v) is 17.4. The number of nitrogens with one attached hydrogen (secondary N) is 1. The van der Waals surface area contributed by atoms with Crippen LogP contribution < -0.4 is 5.32 Å². The fourth-order valence-corrected chi connectivity index (χ4v) is 3.08. The summed E-state index contributed by atoms with van der Waals surface area (Å²) in [4.78, 5) is 11.8. The Balaban J connectivity index is 2.45. The molecule has 1 aliphatic heterocycles. The van der Waals surface area contributed by atoms with Crippen molar-refractivity contribution in [2.24, 2.45) is 0 Å². The van der Waals surface area contributed by atoms with Gasteiger partial charge in [0.15, 0.2) is 8.32 Å². The van der Waals surface area contributed by atoms with E-state index < -0.39 is 32.3 Å². The average molecular weight is 364 g/mol. The number of carbonyl (C=O) groups excluding carboxylic acids is 1. The second kappa shape index (κ2) is 7.70. The van der Waals surface area contributed by atoms with E-state index in [9.17, 15) is 9.18 Å². The Morgan fingerprint density at radius 1 is 1.25 bits per heavy atom. The molecule has 1 heterocycles. The molecule has 1 N–H and O–H groups in total. The van der Waals surface area contributed by atoms with Crippen molar-refractivity contribution in [1.82, 2.24) is 5.32 Å². The average Bonchev–Trinajstić information content (AvgIpc) is 2.33. The third-order valence-corrected chi connectivity index (χ3v) is 9.06. The summed E-state index contributed by atoms with van der Waals surface area (Å²) in [5, 5.41) is 2.74. The van der Waals surface area contributed by atoms with E-state index in [-0.39, 0.29) is 30.7 Å². The first-order valence-electron chi connectivity index (χ1n) is 8.60. The molecule has 1 fully saturated rings. The number of alkyl carbamates (subject to hydrolysis) is 1. The number of hydrogen-bond donors (Lipinski definition) is 1.